The summed E-state index contributed by atoms with van der Waals surface area (Å²) < 4.78 is 5.47. The molecule has 2 aromatic carbocycles. The Balaban J connectivity index is 2.66. The molecule has 0 aliphatic carbocycles. The first-order chi connectivity index (χ1) is 18.0. The average Bonchev–Trinajstić information content (AvgIpc) is 2.82. The van der Waals surface area contributed by atoms with E-state index in [1.54, 1.807) is 25.7 Å². The number of aryl methyl sites for hydroxylation is 3. The monoisotopic (exact) mass is 537 g/mol. The summed E-state index contributed by atoms with van der Waals surface area (Å²) in [5.41, 5.74) is 2.91. The van der Waals surface area contributed by atoms with Crippen molar-refractivity contribution in [2.24, 2.45) is 5.92 Å². The van der Waals surface area contributed by atoms with Gasteiger partial charge in [-0.15, -0.1) is 0 Å². The van der Waals surface area contributed by atoms with Crippen LogP contribution in [0.5, 0.6) is 0 Å². The molecule has 2 unspecified atom stereocenters. The van der Waals surface area contributed by atoms with Gasteiger partial charge >= 0.3 is 6.09 Å². The van der Waals surface area contributed by atoms with Gasteiger partial charge < -0.3 is 20.3 Å². The molecular weight excluding hydrogens is 490 g/mol. The van der Waals surface area contributed by atoms with E-state index in [0.29, 0.717) is 12.0 Å². The van der Waals surface area contributed by atoms with E-state index in [0.717, 1.165) is 22.4 Å². The summed E-state index contributed by atoms with van der Waals surface area (Å²) in [6.45, 7) is 20.8. The summed E-state index contributed by atoms with van der Waals surface area (Å²) in [6.07, 6.45) is -0.0784. The fourth-order valence-electron chi connectivity index (χ4n) is 4.41. The van der Waals surface area contributed by atoms with Crippen molar-refractivity contribution < 1.29 is 19.1 Å². The third-order valence-corrected chi connectivity index (χ3v) is 6.99. The van der Waals surface area contributed by atoms with Gasteiger partial charge in [0.05, 0.1) is 0 Å². The van der Waals surface area contributed by atoms with Crippen LogP contribution in [0, 0.1) is 26.7 Å². The second-order valence-electron chi connectivity index (χ2n) is 12.3. The molecule has 3 amide bonds. The lowest BCUT2D eigenvalue weighted by atomic mass is 9.90. The smallest absolute Gasteiger partial charge is 0.408 e. The van der Waals surface area contributed by atoms with Crippen molar-refractivity contribution in [3.05, 3.63) is 64.7 Å². The molecule has 0 saturated heterocycles. The van der Waals surface area contributed by atoms with E-state index in [4.69, 9.17) is 4.74 Å². The maximum absolute atomic E-state index is 14.4. The molecule has 0 radical (unpaired) electrons. The largest absolute Gasteiger partial charge is 0.444 e. The van der Waals surface area contributed by atoms with Gasteiger partial charge in [-0.1, -0.05) is 68.8 Å². The SMILES string of the molecule is CCC(C)(C)N(C(=O)C(NC(=O)OC(C)(C)C)C(C)C)C(C(=O)Nc1c(C)cccc1C)c1ccc(C)cc1. The Bertz CT molecular complexity index is 1140. The first-order valence-electron chi connectivity index (χ1n) is 13.7. The number of carbonyl (C=O) groups is 3. The van der Waals surface area contributed by atoms with Crippen LogP contribution in [0.4, 0.5) is 10.5 Å². The maximum atomic E-state index is 14.4. The Labute approximate surface area is 234 Å². The van der Waals surface area contributed by atoms with E-state index < -0.39 is 29.3 Å². The zero-order chi connectivity index (χ0) is 29.7. The van der Waals surface area contributed by atoms with Crippen molar-refractivity contribution in [1.82, 2.24) is 10.2 Å². The molecular formula is C32H47N3O4. The number of hydrogen-bond acceptors (Lipinski definition) is 4. The molecule has 2 rings (SSSR count). The number of amides is 3. The highest BCUT2D eigenvalue weighted by Crippen LogP contribution is 2.34. The molecule has 2 aromatic rings. The third-order valence-electron chi connectivity index (χ3n) is 6.99. The van der Waals surface area contributed by atoms with Gasteiger partial charge in [0.2, 0.25) is 5.91 Å². The zero-order valence-corrected chi connectivity index (χ0v) is 25.6. The van der Waals surface area contributed by atoms with Crippen molar-refractivity contribution in [2.75, 3.05) is 5.32 Å². The third kappa shape index (κ3) is 8.32. The number of alkyl carbamates (subject to hydrolysis) is 1. The topological polar surface area (TPSA) is 87.7 Å². The zero-order valence-electron chi connectivity index (χ0n) is 25.6. The lowest BCUT2D eigenvalue weighted by Crippen LogP contribution is -2.60. The van der Waals surface area contributed by atoms with Gasteiger partial charge in [-0.05, 0) is 84.4 Å². The van der Waals surface area contributed by atoms with Crippen LogP contribution in [0.25, 0.3) is 0 Å². The normalized spacial score (nSPS) is 13.4. The Kier molecular flexibility index (Phi) is 10.4. The van der Waals surface area contributed by atoms with Crippen LogP contribution in [0.1, 0.15) is 90.1 Å². The molecule has 0 saturated carbocycles. The fraction of sp³-hybridized carbons (Fsp3) is 0.531. The number of ether oxygens (including phenoxy) is 1. The number of nitrogens with one attached hydrogen (secondary N) is 2. The summed E-state index contributed by atoms with van der Waals surface area (Å²) in [5.74, 6) is -0.906. The molecule has 2 N–H and O–H groups in total. The van der Waals surface area contributed by atoms with Crippen LogP contribution in [0.15, 0.2) is 42.5 Å². The number of nitrogens with zero attached hydrogens (tertiary/aromatic N) is 1. The van der Waals surface area contributed by atoms with Gasteiger partial charge in [-0.25, -0.2) is 4.79 Å². The molecule has 214 valence electrons. The van der Waals surface area contributed by atoms with Crippen LogP contribution in [0.3, 0.4) is 0 Å². The second-order valence-corrected chi connectivity index (χ2v) is 12.3. The molecule has 39 heavy (non-hydrogen) atoms. The van der Waals surface area contributed by atoms with Gasteiger partial charge in [-0.2, -0.15) is 0 Å². The molecule has 0 spiro atoms. The number of benzene rings is 2. The first-order valence-corrected chi connectivity index (χ1v) is 13.7. The minimum atomic E-state index is -0.936. The van der Waals surface area contributed by atoms with Gasteiger partial charge in [0.15, 0.2) is 0 Å². The summed E-state index contributed by atoms with van der Waals surface area (Å²) in [5, 5.41) is 5.91. The van der Waals surface area contributed by atoms with Crippen molar-refractivity contribution in [3.8, 4) is 0 Å². The van der Waals surface area contributed by atoms with Crippen molar-refractivity contribution >= 4 is 23.6 Å². The molecule has 0 bridgehead atoms. The number of carbonyl (C=O) groups excluding carboxylic acids is 3. The van der Waals surface area contributed by atoms with E-state index in [2.05, 4.69) is 10.6 Å². The van der Waals surface area contributed by atoms with Crippen LogP contribution in [-0.2, 0) is 14.3 Å². The van der Waals surface area contributed by atoms with Crippen LogP contribution in [-0.4, -0.2) is 40.0 Å². The maximum Gasteiger partial charge on any atom is 0.408 e. The summed E-state index contributed by atoms with van der Waals surface area (Å²) >= 11 is 0. The molecule has 0 heterocycles. The number of rotatable bonds is 9. The van der Waals surface area contributed by atoms with Crippen molar-refractivity contribution in [1.29, 1.82) is 0 Å². The lowest BCUT2D eigenvalue weighted by Gasteiger charge is -2.45. The molecule has 0 aromatic heterocycles. The van der Waals surface area contributed by atoms with E-state index in [1.165, 1.54) is 0 Å². The van der Waals surface area contributed by atoms with Crippen LogP contribution >= 0.6 is 0 Å². The van der Waals surface area contributed by atoms with E-state index in [9.17, 15) is 14.4 Å². The predicted octanol–water partition coefficient (Wildman–Crippen LogP) is 6.86. The minimum Gasteiger partial charge on any atom is -0.444 e. The summed E-state index contributed by atoms with van der Waals surface area (Å²) in [6, 6.07) is 11.7. The Morgan fingerprint density at radius 1 is 0.897 bits per heavy atom. The average molecular weight is 538 g/mol. The molecule has 0 aliphatic heterocycles. The van der Waals surface area contributed by atoms with Gasteiger partial charge in [0, 0.05) is 11.2 Å². The molecule has 7 nitrogen and oxygen atoms in total. The summed E-state index contributed by atoms with van der Waals surface area (Å²) in [4.78, 5) is 43.0. The lowest BCUT2D eigenvalue weighted by molar-refractivity contribution is -0.148. The van der Waals surface area contributed by atoms with Gasteiger partial charge in [0.1, 0.15) is 17.7 Å². The molecule has 0 fully saturated rings. The number of anilines is 1. The highest BCUT2D eigenvalue weighted by Gasteiger charge is 2.44. The highest BCUT2D eigenvalue weighted by molar-refractivity contribution is 6.00. The molecule has 7 heteroatoms. The van der Waals surface area contributed by atoms with Crippen LogP contribution < -0.4 is 10.6 Å². The van der Waals surface area contributed by atoms with Gasteiger partial charge in [-0.3, -0.25) is 9.59 Å². The highest BCUT2D eigenvalue weighted by atomic mass is 16.6. The second kappa shape index (κ2) is 12.7. The number of hydrogen-bond donors (Lipinski definition) is 2. The van der Waals surface area contributed by atoms with E-state index in [1.807, 2.05) is 97.9 Å². The minimum absolute atomic E-state index is 0.250. The van der Waals surface area contributed by atoms with Crippen LogP contribution in [0.2, 0.25) is 0 Å². The van der Waals surface area contributed by atoms with E-state index >= 15 is 0 Å². The van der Waals surface area contributed by atoms with E-state index in [-0.39, 0.29) is 17.7 Å². The van der Waals surface area contributed by atoms with Gasteiger partial charge in [0.25, 0.3) is 5.91 Å². The number of para-hydroxylation sites is 1. The van der Waals surface area contributed by atoms with Crippen molar-refractivity contribution in [2.45, 2.75) is 106 Å². The quantitative estimate of drug-likeness (QED) is 0.366. The standard InChI is InChI=1S/C32H47N3O4/c1-12-32(10,11)35(29(37)25(20(2)3)34-30(38)39-31(7,8)9)27(24-18-16-21(4)17-19-24)28(36)33-26-22(5)14-13-15-23(26)6/h13-20,25,27H,12H2,1-11H3,(H,33,36)(H,34,38). The Morgan fingerprint density at radius 2 is 1.44 bits per heavy atom. The molecule has 2 atom stereocenters. The first kappa shape index (κ1) is 31.9. The Morgan fingerprint density at radius 3 is 1.90 bits per heavy atom. The van der Waals surface area contributed by atoms with Crippen molar-refractivity contribution in [3.63, 3.8) is 0 Å². The summed E-state index contributed by atoms with van der Waals surface area (Å²) in [7, 11) is 0. The molecule has 0 aliphatic rings. The predicted molar refractivity (Wildman–Crippen MR) is 158 cm³/mol. The fourth-order valence-corrected chi connectivity index (χ4v) is 4.41. The Hall–Kier alpha value is -3.35.